The minimum atomic E-state index is 0.172. The van der Waals surface area contributed by atoms with Crippen molar-refractivity contribution >= 4 is 17.1 Å². The second-order valence-corrected chi connectivity index (χ2v) is 7.03. The van der Waals surface area contributed by atoms with Gasteiger partial charge >= 0.3 is 0 Å². The maximum atomic E-state index is 12.2. The third-order valence-electron chi connectivity index (χ3n) is 5.13. The number of carbonyl (C=O) groups excluding carboxylic acids is 1. The second-order valence-electron chi connectivity index (χ2n) is 7.03. The van der Waals surface area contributed by atoms with Gasteiger partial charge < -0.3 is 5.32 Å². The van der Waals surface area contributed by atoms with Crippen molar-refractivity contribution in [2.45, 2.75) is 51.0 Å². The van der Waals surface area contributed by atoms with Crippen LogP contribution in [-0.4, -0.2) is 26.5 Å². The molecule has 0 saturated heterocycles. The molecule has 0 aliphatic heterocycles. The fourth-order valence-electron chi connectivity index (χ4n) is 3.67. The summed E-state index contributed by atoms with van der Waals surface area (Å²) < 4.78 is 1.98. The number of benzene rings is 1. The molecule has 0 spiro atoms. The van der Waals surface area contributed by atoms with Gasteiger partial charge in [0.05, 0.1) is 0 Å². The van der Waals surface area contributed by atoms with Gasteiger partial charge in [-0.15, -0.1) is 0 Å². The third-order valence-corrected chi connectivity index (χ3v) is 5.13. The van der Waals surface area contributed by atoms with Crippen molar-refractivity contribution in [2.24, 2.45) is 0 Å². The molecule has 1 aromatic carbocycles. The summed E-state index contributed by atoms with van der Waals surface area (Å²) in [6.07, 6.45) is 10.9. The molecule has 2 heterocycles. The average Bonchev–Trinajstić information content (AvgIpc) is 3.12. The fourth-order valence-corrected chi connectivity index (χ4v) is 3.67. The first-order valence-electron chi connectivity index (χ1n) is 9.46. The zero-order chi connectivity index (χ0) is 17.8. The van der Waals surface area contributed by atoms with Crippen molar-refractivity contribution < 1.29 is 4.79 Å². The van der Waals surface area contributed by atoms with Crippen molar-refractivity contribution in [3.63, 3.8) is 0 Å². The molecule has 0 unspecified atom stereocenters. The maximum absolute atomic E-state index is 12.2. The number of aromatic nitrogens is 3. The summed E-state index contributed by atoms with van der Waals surface area (Å²) in [7, 11) is 0. The first kappa shape index (κ1) is 16.8. The molecular weight excluding hydrogens is 324 g/mol. The highest BCUT2D eigenvalue weighted by Crippen LogP contribution is 2.18. The van der Waals surface area contributed by atoms with Crippen LogP contribution in [0.15, 0.2) is 48.9 Å². The predicted molar refractivity (Wildman–Crippen MR) is 102 cm³/mol. The minimum Gasteiger partial charge on any atom is -0.353 e. The molecule has 1 N–H and O–H groups in total. The molecule has 1 saturated carbocycles. The fraction of sp³-hybridized carbons (Fsp3) is 0.381. The third kappa shape index (κ3) is 3.77. The highest BCUT2D eigenvalue weighted by atomic mass is 16.1. The maximum Gasteiger partial charge on any atom is 0.220 e. The van der Waals surface area contributed by atoms with E-state index >= 15 is 0 Å². The molecule has 1 amide bonds. The van der Waals surface area contributed by atoms with Gasteiger partial charge in [-0.1, -0.05) is 31.4 Å². The van der Waals surface area contributed by atoms with Crippen molar-refractivity contribution in [2.75, 3.05) is 0 Å². The molecule has 1 aliphatic carbocycles. The van der Waals surface area contributed by atoms with Gasteiger partial charge in [-0.3, -0.25) is 9.36 Å². The lowest BCUT2D eigenvalue weighted by atomic mass is 9.95. The highest BCUT2D eigenvalue weighted by molar-refractivity contribution is 5.76. The highest BCUT2D eigenvalue weighted by Gasteiger charge is 2.15. The molecule has 1 fully saturated rings. The van der Waals surface area contributed by atoms with Crippen molar-refractivity contribution in [3.05, 3.63) is 54.5 Å². The lowest BCUT2D eigenvalue weighted by molar-refractivity contribution is -0.121. The smallest absolute Gasteiger partial charge is 0.220 e. The first-order chi connectivity index (χ1) is 12.8. The minimum absolute atomic E-state index is 0.172. The van der Waals surface area contributed by atoms with Crippen LogP contribution in [0.4, 0.5) is 0 Å². The molecule has 1 aliphatic rings. The Morgan fingerprint density at radius 2 is 1.88 bits per heavy atom. The number of hydrogen-bond donors (Lipinski definition) is 1. The first-order valence-corrected chi connectivity index (χ1v) is 9.46. The van der Waals surface area contributed by atoms with E-state index in [0.717, 1.165) is 36.1 Å². The summed E-state index contributed by atoms with van der Waals surface area (Å²) >= 11 is 0. The van der Waals surface area contributed by atoms with Gasteiger partial charge in [0.2, 0.25) is 5.91 Å². The van der Waals surface area contributed by atoms with Gasteiger partial charge in [-0.2, -0.15) is 0 Å². The monoisotopic (exact) mass is 348 g/mol. The van der Waals surface area contributed by atoms with Gasteiger partial charge in [0.25, 0.3) is 0 Å². The number of imidazole rings is 1. The average molecular weight is 348 g/mol. The Morgan fingerprint density at radius 1 is 1.08 bits per heavy atom. The summed E-state index contributed by atoms with van der Waals surface area (Å²) in [6, 6.07) is 12.5. The van der Waals surface area contributed by atoms with E-state index in [1.54, 1.807) is 12.5 Å². The summed E-state index contributed by atoms with van der Waals surface area (Å²) in [5.41, 5.74) is 3.94. The number of fused-ring (bicyclic) bond motifs is 1. The zero-order valence-corrected chi connectivity index (χ0v) is 14.9. The summed E-state index contributed by atoms with van der Waals surface area (Å²) in [5.74, 6) is 0.172. The largest absolute Gasteiger partial charge is 0.353 e. The molecule has 4 rings (SSSR count). The molecule has 3 aromatic rings. The Labute approximate surface area is 153 Å². The van der Waals surface area contributed by atoms with Crippen molar-refractivity contribution in [1.82, 2.24) is 19.9 Å². The van der Waals surface area contributed by atoms with E-state index in [2.05, 4.69) is 39.6 Å². The zero-order valence-electron chi connectivity index (χ0n) is 14.9. The van der Waals surface area contributed by atoms with E-state index in [4.69, 9.17) is 0 Å². The lowest BCUT2D eigenvalue weighted by Gasteiger charge is -2.22. The standard InChI is InChI=1S/C21H24N4O/c26-20(24-17-5-2-1-3-6-17)13-10-16-8-11-18(12-9-16)25-15-23-19-7-4-14-22-21(19)25/h4,7-9,11-12,14-15,17H,1-3,5-6,10,13H2,(H,24,26). The van der Waals surface area contributed by atoms with E-state index in [9.17, 15) is 4.79 Å². The number of hydrogen-bond acceptors (Lipinski definition) is 3. The van der Waals surface area contributed by atoms with Crippen LogP contribution in [0.25, 0.3) is 16.9 Å². The van der Waals surface area contributed by atoms with Crippen molar-refractivity contribution in [1.29, 1.82) is 0 Å². The Balaban J connectivity index is 1.36. The van der Waals surface area contributed by atoms with Gasteiger partial charge in [-0.05, 0) is 49.1 Å². The molecule has 134 valence electrons. The molecule has 5 heteroatoms. The normalized spacial score (nSPS) is 15.2. The van der Waals surface area contributed by atoms with E-state index < -0.39 is 0 Å². The molecule has 0 bridgehead atoms. The Kier molecular flexibility index (Phi) is 4.95. The molecule has 0 atom stereocenters. The summed E-state index contributed by atoms with van der Waals surface area (Å²) in [5, 5.41) is 3.18. The molecule has 5 nitrogen and oxygen atoms in total. The van der Waals surface area contributed by atoms with Crippen molar-refractivity contribution in [3.8, 4) is 5.69 Å². The number of nitrogens with one attached hydrogen (secondary N) is 1. The van der Waals surface area contributed by atoms with Gasteiger partial charge in [-0.25, -0.2) is 9.97 Å². The quantitative estimate of drug-likeness (QED) is 0.763. The number of pyridine rings is 1. The van der Waals surface area contributed by atoms with Crippen LogP contribution in [0, 0.1) is 0 Å². The molecule has 0 radical (unpaired) electrons. The van der Waals surface area contributed by atoms with Gasteiger partial charge in [0.1, 0.15) is 11.8 Å². The van der Waals surface area contributed by atoms with Crippen LogP contribution >= 0.6 is 0 Å². The van der Waals surface area contributed by atoms with E-state index in [0.29, 0.717) is 12.5 Å². The Hall–Kier alpha value is -2.69. The number of rotatable bonds is 5. The SMILES string of the molecule is O=C(CCc1ccc(-n2cnc3cccnc32)cc1)NC1CCCCC1. The summed E-state index contributed by atoms with van der Waals surface area (Å²) in [4.78, 5) is 20.9. The Bertz CT molecular complexity index is 878. The summed E-state index contributed by atoms with van der Waals surface area (Å²) in [6.45, 7) is 0. The second kappa shape index (κ2) is 7.68. The van der Waals surface area contributed by atoms with Crippen LogP contribution < -0.4 is 5.32 Å². The number of aryl methyl sites for hydroxylation is 1. The van der Waals surface area contributed by atoms with Crippen LogP contribution in [0.5, 0.6) is 0 Å². The predicted octanol–water partition coefficient (Wildman–Crippen LogP) is 3.80. The van der Waals surface area contributed by atoms with Crippen LogP contribution in [0.3, 0.4) is 0 Å². The topological polar surface area (TPSA) is 59.8 Å². The van der Waals surface area contributed by atoms with E-state index in [1.165, 1.54) is 24.8 Å². The number of carbonyl (C=O) groups is 1. The lowest BCUT2D eigenvalue weighted by Crippen LogP contribution is -2.36. The van der Waals surface area contributed by atoms with Gasteiger partial charge in [0.15, 0.2) is 5.65 Å². The number of amides is 1. The van der Waals surface area contributed by atoms with Crippen LogP contribution in [0.2, 0.25) is 0 Å². The van der Waals surface area contributed by atoms with Crippen LogP contribution in [-0.2, 0) is 11.2 Å². The molecular formula is C21H24N4O. The van der Waals surface area contributed by atoms with E-state index in [-0.39, 0.29) is 5.91 Å². The van der Waals surface area contributed by atoms with Gasteiger partial charge in [0, 0.05) is 24.3 Å². The number of nitrogens with zero attached hydrogens (tertiary/aromatic N) is 3. The van der Waals surface area contributed by atoms with Crippen LogP contribution in [0.1, 0.15) is 44.1 Å². The molecule has 26 heavy (non-hydrogen) atoms. The Morgan fingerprint density at radius 3 is 2.69 bits per heavy atom. The molecule has 2 aromatic heterocycles. The van der Waals surface area contributed by atoms with E-state index in [1.807, 2.05) is 16.7 Å².